The Hall–Kier alpha value is -2.57. The van der Waals surface area contributed by atoms with E-state index in [1.807, 2.05) is 58.0 Å². The largest absolute Gasteiger partial charge is 0.447 e. The van der Waals surface area contributed by atoms with E-state index >= 15 is 0 Å². The van der Waals surface area contributed by atoms with E-state index in [9.17, 15) is 14.4 Å². The maximum atomic E-state index is 13.1. The van der Waals surface area contributed by atoms with Gasteiger partial charge >= 0.3 is 12.2 Å². The minimum Gasteiger partial charge on any atom is -0.447 e. The standard InChI is InChI=1S/C24H34N2O5/c1-17(14-19-10-12-25(13-11-19)22(28)31-24(2,3)4)21(27)26-20(16-30-23(26)29)15-18-8-6-5-7-9-18/h5-9,17,19-20H,10-16H2,1-4H3/t17?,20-/m0/s1. The summed E-state index contributed by atoms with van der Waals surface area (Å²) in [6, 6.07) is 9.56. The van der Waals surface area contributed by atoms with Gasteiger partial charge in [-0.2, -0.15) is 0 Å². The lowest BCUT2D eigenvalue weighted by Gasteiger charge is -2.34. The zero-order valence-electron chi connectivity index (χ0n) is 19.0. The number of likely N-dealkylation sites (tertiary alicyclic amines) is 1. The summed E-state index contributed by atoms with van der Waals surface area (Å²) in [4.78, 5) is 40.7. The molecule has 0 radical (unpaired) electrons. The van der Waals surface area contributed by atoms with Crippen molar-refractivity contribution in [1.29, 1.82) is 0 Å². The van der Waals surface area contributed by atoms with Gasteiger partial charge in [-0.3, -0.25) is 4.79 Å². The van der Waals surface area contributed by atoms with Crippen LogP contribution in [-0.2, 0) is 20.7 Å². The van der Waals surface area contributed by atoms with Crippen LogP contribution in [0, 0.1) is 11.8 Å². The molecule has 3 amide bonds. The Morgan fingerprint density at radius 3 is 2.42 bits per heavy atom. The lowest BCUT2D eigenvalue weighted by molar-refractivity contribution is -0.133. The SMILES string of the molecule is CC(CC1CCN(C(=O)OC(C)(C)C)CC1)C(=O)N1C(=O)OC[C@@H]1Cc1ccccc1. The van der Waals surface area contributed by atoms with Gasteiger partial charge in [0.15, 0.2) is 0 Å². The second-order valence-corrected chi connectivity index (χ2v) is 9.68. The molecule has 3 rings (SSSR count). The van der Waals surface area contributed by atoms with Gasteiger partial charge in [0, 0.05) is 19.0 Å². The number of hydrogen-bond acceptors (Lipinski definition) is 5. The van der Waals surface area contributed by atoms with Crippen LogP contribution in [0.5, 0.6) is 0 Å². The number of carbonyl (C=O) groups is 3. The van der Waals surface area contributed by atoms with E-state index in [0.717, 1.165) is 18.4 Å². The monoisotopic (exact) mass is 430 g/mol. The molecule has 1 aromatic rings. The molecule has 2 aliphatic rings. The summed E-state index contributed by atoms with van der Waals surface area (Å²) in [6.07, 6.45) is 2.13. The number of piperidine rings is 1. The first kappa shape index (κ1) is 23.1. The molecular weight excluding hydrogens is 396 g/mol. The summed E-state index contributed by atoms with van der Waals surface area (Å²) >= 11 is 0. The molecule has 0 aromatic heterocycles. The Balaban J connectivity index is 1.52. The minimum atomic E-state index is -0.544. The third kappa shape index (κ3) is 6.21. The fourth-order valence-electron chi connectivity index (χ4n) is 4.28. The molecular formula is C24H34N2O5. The van der Waals surface area contributed by atoms with Gasteiger partial charge in [-0.05, 0) is 57.9 Å². The number of ether oxygens (including phenoxy) is 2. The van der Waals surface area contributed by atoms with E-state index in [0.29, 0.717) is 31.8 Å². The highest BCUT2D eigenvalue weighted by molar-refractivity contribution is 5.94. The van der Waals surface area contributed by atoms with Gasteiger partial charge in [0.05, 0.1) is 6.04 Å². The highest BCUT2D eigenvalue weighted by Gasteiger charge is 2.40. The summed E-state index contributed by atoms with van der Waals surface area (Å²) in [5.74, 6) is -0.108. The topological polar surface area (TPSA) is 76.2 Å². The van der Waals surface area contributed by atoms with Crippen molar-refractivity contribution in [3.05, 3.63) is 35.9 Å². The minimum absolute atomic E-state index is 0.169. The summed E-state index contributed by atoms with van der Waals surface area (Å²) in [5.41, 5.74) is 0.570. The Kier molecular flexibility index (Phi) is 7.23. The molecule has 2 fully saturated rings. The molecule has 0 bridgehead atoms. The van der Waals surface area contributed by atoms with E-state index in [1.54, 1.807) is 4.90 Å². The molecule has 0 saturated carbocycles. The van der Waals surface area contributed by atoms with E-state index < -0.39 is 11.7 Å². The number of amides is 3. The highest BCUT2D eigenvalue weighted by Crippen LogP contribution is 2.28. The van der Waals surface area contributed by atoms with Crippen molar-refractivity contribution >= 4 is 18.1 Å². The van der Waals surface area contributed by atoms with Crippen LogP contribution in [0.3, 0.4) is 0 Å². The summed E-state index contributed by atoms with van der Waals surface area (Å²) in [5, 5.41) is 0. The van der Waals surface area contributed by atoms with Crippen molar-refractivity contribution < 1.29 is 23.9 Å². The van der Waals surface area contributed by atoms with Crippen LogP contribution in [0.1, 0.15) is 52.5 Å². The molecule has 2 aliphatic heterocycles. The second-order valence-electron chi connectivity index (χ2n) is 9.68. The Bertz CT molecular complexity index is 781. The van der Waals surface area contributed by atoms with E-state index in [-0.39, 0.29) is 30.6 Å². The van der Waals surface area contributed by atoms with Crippen LogP contribution in [0.25, 0.3) is 0 Å². The van der Waals surface area contributed by atoms with Gasteiger partial charge in [-0.25, -0.2) is 14.5 Å². The second kappa shape index (κ2) is 9.71. The van der Waals surface area contributed by atoms with Crippen molar-refractivity contribution in [3.8, 4) is 0 Å². The molecule has 2 saturated heterocycles. The highest BCUT2D eigenvalue weighted by atomic mass is 16.6. The predicted molar refractivity (Wildman–Crippen MR) is 116 cm³/mol. The van der Waals surface area contributed by atoms with Gasteiger partial charge in [0.2, 0.25) is 5.91 Å². The van der Waals surface area contributed by atoms with E-state index in [4.69, 9.17) is 9.47 Å². The lowest BCUT2D eigenvalue weighted by atomic mass is 9.87. The maximum absolute atomic E-state index is 13.1. The summed E-state index contributed by atoms with van der Waals surface area (Å²) in [6.45, 7) is 8.96. The molecule has 0 aliphatic carbocycles. The number of imide groups is 1. The average molecular weight is 431 g/mol. The van der Waals surface area contributed by atoms with Crippen LogP contribution in [0.2, 0.25) is 0 Å². The smallest absolute Gasteiger partial charge is 0.416 e. The maximum Gasteiger partial charge on any atom is 0.416 e. The van der Waals surface area contributed by atoms with Crippen molar-refractivity contribution in [3.63, 3.8) is 0 Å². The van der Waals surface area contributed by atoms with Crippen LogP contribution in [-0.4, -0.2) is 59.2 Å². The van der Waals surface area contributed by atoms with Crippen molar-refractivity contribution in [2.45, 2.75) is 65.0 Å². The fourth-order valence-corrected chi connectivity index (χ4v) is 4.28. The number of cyclic esters (lactones) is 1. The Labute approximate surface area is 184 Å². The average Bonchev–Trinajstić information content (AvgIpc) is 3.07. The first-order valence-electron chi connectivity index (χ1n) is 11.2. The van der Waals surface area contributed by atoms with Gasteiger partial charge in [0.25, 0.3) is 0 Å². The van der Waals surface area contributed by atoms with Crippen LogP contribution in [0.4, 0.5) is 9.59 Å². The normalized spacial score (nSPS) is 21.0. The van der Waals surface area contributed by atoms with Crippen molar-refractivity contribution in [2.75, 3.05) is 19.7 Å². The van der Waals surface area contributed by atoms with Crippen molar-refractivity contribution in [1.82, 2.24) is 9.80 Å². The van der Waals surface area contributed by atoms with E-state index in [1.165, 1.54) is 4.90 Å². The molecule has 170 valence electrons. The third-order valence-electron chi connectivity index (χ3n) is 5.89. The van der Waals surface area contributed by atoms with Crippen LogP contribution in [0.15, 0.2) is 30.3 Å². The van der Waals surface area contributed by atoms with Crippen LogP contribution < -0.4 is 0 Å². The number of benzene rings is 1. The molecule has 0 spiro atoms. The first-order chi connectivity index (χ1) is 14.6. The zero-order valence-corrected chi connectivity index (χ0v) is 19.0. The third-order valence-corrected chi connectivity index (χ3v) is 5.89. The lowest BCUT2D eigenvalue weighted by Crippen LogP contribution is -2.44. The summed E-state index contributed by atoms with van der Waals surface area (Å²) in [7, 11) is 0. The molecule has 1 unspecified atom stereocenters. The Morgan fingerprint density at radius 2 is 1.81 bits per heavy atom. The van der Waals surface area contributed by atoms with Gasteiger partial charge in [-0.1, -0.05) is 37.3 Å². The van der Waals surface area contributed by atoms with Crippen molar-refractivity contribution in [2.24, 2.45) is 11.8 Å². The van der Waals surface area contributed by atoms with E-state index in [2.05, 4.69) is 0 Å². The fraction of sp³-hybridized carbons (Fsp3) is 0.625. The molecule has 1 aromatic carbocycles. The predicted octanol–water partition coefficient (Wildman–Crippen LogP) is 4.25. The molecule has 31 heavy (non-hydrogen) atoms. The summed E-state index contributed by atoms with van der Waals surface area (Å²) < 4.78 is 10.6. The van der Waals surface area contributed by atoms with Crippen LogP contribution >= 0.6 is 0 Å². The van der Waals surface area contributed by atoms with Gasteiger partial charge in [-0.15, -0.1) is 0 Å². The number of carbonyl (C=O) groups excluding carboxylic acids is 3. The molecule has 2 heterocycles. The molecule has 2 atom stereocenters. The quantitative estimate of drug-likeness (QED) is 0.698. The van der Waals surface area contributed by atoms with Gasteiger partial charge < -0.3 is 14.4 Å². The molecule has 7 nitrogen and oxygen atoms in total. The van der Waals surface area contributed by atoms with Gasteiger partial charge in [0.1, 0.15) is 12.2 Å². The number of hydrogen-bond donors (Lipinski definition) is 0. The zero-order chi connectivity index (χ0) is 22.6. The molecule has 7 heteroatoms. The molecule has 0 N–H and O–H groups in total. The first-order valence-corrected chi connectivity index (χ1v) is 11.2. The number of nitrogens with zero attached hydrogens (tertiary/aromatic N) is 2. The number of rotatable bonds is 5. The Morgan fingerprint density at radius 1 is 1.16 bits per heavy atom.